The van der Waals surface area contributed by atoms with Gasteiger partial charge in [-0.2, -0.15) is 4.90 Å². The van der Waals surface area contributed by atoms with Crippen LogP contribution < -0.4 is 0 Å². The molecular formula is C34H47NO8. The Kier molecular flexibility index (Phi) is 12.2. The molecule has 3 rings (SSSR count). The quantitative estimate of drug-likeness (QED) is 0.197. The van der Waals surface area contributed by atoms with Crippen LogP contribution in [0.3, 0.4) is 0 Å². The van der Waals surface area contributed by atoms with E-state index in [2.05, 4.69) is 12.1 Å². The van der Waals surface area contributed by atoms with Crippen LogP contribution in [0, 0.1) is 5.92 Å². The first-order valence-electron chi connectivity index (χ1n) is 15.0. The molecule has 2 aromatic rings. The zero-order chi connectivity index (χ0) is 31.6. The van der Waals surface area contributed by atoms with Gasteiger partial charge in [0.15, 0.2) is 6.04 Å². The van der Waals surface area contributed by atoms with Crippen molar-refractivity contribution in [2.75, 3.05) is 19.8 Å². The van der Waals surface area contributed by atoms with Crippen molar-refractivity contribution in [1.29, 1.82) is 0 Å². The summed E-state index contributed by atoms with van der Waals surface area (Å²) >= 11 is 0. The van der Waals surface area contributed by atoms with E-state index >= 15 is 0 Å². The summed E-state index contributed by atoms with van der Waals surface area (Å²) in [4.78, 5) is 40.8. The average Bonchev–Trinajstić information content (AvgIpc) is 2.95. The van der Waals surface area contributed by atoms with Crippen LogP contribution in [-0.4, -0.2) is 72.3 Å². The second-order valence-electron chi connectivity index (χ2n) is 12.9. The summed E-state index contributed by atoms with van der Waals surface area (Å²) in [6.07, 6.45) is -0.963. The Bertz CT molecular complexity index is 1140. The Labute approximate surface area is 255 Å². The van der Waals surface area contributed by atoms with Crippen molar-refractivity contribution < 1.29 is 38.1 Å². The monoisotopic (exact) mass is 597 g/mol. The molecule has 1 aliphatic rings. The lowest BCUT2D eigenvalue weighted by Gasteiger charge is -2.33. The minimum atomic E-state index is -1.42. The van der Waals surface area contributed by atoms with Crippen molar-refractivity contribution in [3.8, 4) is 0 Å². The van der Waals surface area contributed by atoms with E-state index in [4.69, 9.17) is 23.7 Å². The first kappa shape index (κ1) is 34.1. The Morgan fingerprint density at radius 1 is 0.837 bits per heavy atom. The summed E-state index contributed by atoms with van der Waals surface area (Å²) in [7, 11) is 0. The van der Waals surface area contributed by atoms with Gasteiger partial charge in [0.2, 0.25) is 0 Å². The number of carbonyl (C=O) groups is 3. The molecule has 2 amide bonds. The molecule has 0 bridgehead atoms. The van der Waals surface area contributed by atoms with Gasteiger partial charge < -0.3 is 23.7 Å². The lowest BCUT2D eigenvalue weighted by atomic mass is 9.91. The highest BCUT2D eigenvalue weighted by atomic mass is 16.6. The summed E-state index contributed by atoms with van der Waals surface area (Å²) < 4.78 is 29.4. The molecule has 0 aromatic heterocycles. The summed E-state index contributed by atoms with van der Waals surface area (Å²) in [5.74, 6) is -0.973. The standard InChI is InChI=1S/C34H47NO8/c1-24-29(40-20-14-19-25-15-10-8-11-16-25)27(21-26-17-12-9-13-18-26)22-39-23-28(30(36)41-24)35(31(37)42-33(2,3)4)32(38)43-34(5,6)7/h8-13,15-18,24,27-29H,14,19-23H2,1-7H3. The predicted molar refractivity (Wildman–Crippen MR) is 163 cm³/mol. The Morgan fingerprint density at radius 2 is 1.37 bits per heavy atom. The van der Waals surface area contributed by atoms with Gasteiger partial charge in [-0.25, -0.2) is 14.4 Å². The molecule has 9 nitrogen and oxygen atoms in total. The number of imide groups is 1. The summed E-state index contributed by atoms with van der Waals surface area (Å²) in [5, 5.41) is 0. The van der Waals surface area contributed by atoms with Crippen LogP contribution in [-0.2, 0) is 41.3 Å². The molecule has 236 valence electrons. The molecule has 0 spiro atoms. The topological polar surface area (TPSA) is 101 Å². The first-order valence-corrected chi connectivity index (χ1v) is 15.0. The van der Waals surface area contributed by atoms with Crippen LogP contribution in [0.5, 0.6) is 0 Å². The van der Waals surface area contributed by atoms with Crippen molar-refractivity contribution in [2.45, 2.75) is 97.2 Å². The van der Waals surface area contributed by atoms with Gasteiger partial charge >= 0.3 is 18.2 Å². The van der Waals surface area contributed by atoms with Gasteiger partial charge in [-0.05, 0) is 78.9 Å². The van der Waals surface area contributed by atoms with Gasteiger partial charge in [-0.15, -0.1) is 0 Å². The molecule has 0 saturated carbocycles. The minimum Gasteiger partial charge on any atom is -0.458 e. The van der Waals surface area contributed by atoms with Crippen molar-refractivity contribution in [3.05, 3.63) is 71.8 Å². The molecule has 2 aromatic carbocycles. The van der Waals surface area contributed by atoms with Crippen LogP contribution in [0.2, 0.25) is 0 Å². The number of esters is 1. The molecule has 4 unspecified atom stereocenters. The Morgan fingerprint density at radius 3 is 1.91 bits per heavy atom. The highest BCUT2D eigenvalue weighted by molar-refractivity contribution is 5.94. The average molecular weight is 598 g/mol. The number of hydrogen-bond donors (Lipinski definition) is 0. The zero-order valence-electron chi connectivity index (χ0n) is 26.5. The summed E-state index contributed by atoms with van der Waals surface area (Å²) in [6, 6.07) is 18.7. The van der Waals surface area contributed by atoms with Gasteiger partial charge in [0.05, 0.1) is 19.3 Å². The molecule has 43 heavy (non-hydrogen) atoms. The number of ether oxygens (including phenoxy) is 5. The van der Waals surface area contributed by atoms with E-state index in [-0.39, 0.29) is 19.1 Å². The van der Waals surface area contributed by atoms with Crippen LogP contribution in [0.4, 0.5) is 9.59 Å². The number of aryl methyl sites for hydroxylation is 1. The van der Waals surface area contributed by atoms with E-state index in [1.807, 2.05) is 48.5 Å². The van der Waals surface area contributed by atoms with E-state index in [0.29, 0.717) is 17.9 Å². The maximum Gasteiger partial charge on any atom is 0.420 e. The molecular weight excluding hydrogens is 550 g/mol. The molecule has 0 N–H and O–H groups in total. The molecule has 1 saturated heterocycles. The van der Waals surface area contributed by atoms with Crippen molar-refractivity contribution in [3.63, 3.8) is 0 Å². The normalized spacial score (nSPS) is 21.5. The fraction of sp³-hybridized carbons (Fsp3) is 0.559. The number of amides is 2. The summed E-state index contributed by atoms with van der Waals surface area (Å²) in [6.45, 7) is 12.2. The highest BCUT2D eigenvalue weighted by Crippen LogP contribution is 2.25. The lowest BCUT2D eigenvalue weighted by Crippen LogP contribution is -2.54. The van der Waals surface area contributed by atoms with E-state index in [1.54, 1.807) is 48.5 Å². The molecule has 4 atom stereocenters. The number of nitrogens with zero attached hydrogens (tertiary/aromatic N) is 1. The van der Waals surface area contributed by atoms with Gasteiger partial charge in [0.25, 0.3) is 0 Å². The van der Waals surface area contributed by atoms with Crippen molar-refractivity contribution in [1.82, 2.24) is 4.90 Å². The van der Waals surface area contributed by atoms with E-state index in [9.17, 15) is 14.4 Å². The second kappa shape index (κ2) is 15.3. The van der Waals surface area contributed by atoms with E-state index in [1.165, 1.54) is 5.56 Å². The number of rotatable bonds is 8. The smallest absolute Gasteiger partial charge is 0.420 e. The maximum absolute atomic E-state index is 13.6. The van der Waals surface area contributed by atoms with Gasteiger partial charge in [0.1, 0.15) is 17.3 Å². The maximum atomic E-state index is 13.6. The predicted octanol–water partition coefficient (Wildman–Crippen LogP) is 6.37. The minimum absolute atomic E-state index is 0.169. The number of benzene rings is 2. The lowest BCUT2D eigenvalue weighted by molar-refractivity contribution is -0.163. The third-order valence-corrected chi connectivity index (χ3v) is 6.70. The number of cyclic esters (lactones) is 1. The van der Waals surface area contributed by atoms with Crippen LogP contribution in [0.15, 0.2) is 60.7 Å². The van der Waals surface area contributed by atoms with E-state index in [0.717, 1.165) is 18.4 Å². The highest BCUT2D eigenvalue weighted by Gasteiger charge is 2.44. The van der Waals surface area contributed by atoms with Crippen molar-refractivity contribution >= 4 is 18.2 Å². The molecule has 0 aliphatic carbocycles. The zero-order valence-corrected chi connectivity index (χ0v) is 26.5. The molecule has 1 fully saturated rings. The van der Waals surface area contributed by atoms with Crippen LogP contribution >= 0.6 is 0 Å². The fourth-order valence-corrected chi connectivity index (χ4v) is 4.84. The molecule has 0 radical (unpaired) electrons. The third kappa shape index (κ3) is 11.3. The van der Waals surface area contributed by atoms with Gasteiger partial charge in [0, 0.05) is 12.5 Å². The van der Waals surface area contributed by atoms with Gasteiger partial charge in [-0.1, -0.05) is 60.7 Å². The van der Waals surface area contributed by atoms with Crippen LogP contribution in [0.1, 0.15) is 66.0 Å². The molecule has 9 heteroatoms. The Hall–Kier alpha value is -3.43. The third-order valence-electron chi connectivity index (χ3n) is 6.70. The number of hydrogen-bond acceptors (Lipinski definition) is 8. The SMILES string of the molecule is CC1OC(=O)C(N(C(=O)OC(C)(C)C)C(=O)OC(C)(C)C)COCC(Cc2ccccc2)C1OCCCc1ccccc1. The fourth-order valence-electron chi connectivity index (χ4n) is 4.84. The number of carbonyl (C=O) groups excluding carboxylic acids is 3. The second-order valence-corrected chi connectivity index (χ2v) is 12.9. The first-order chi connectivity index (χ1) is 20.2. The van der Waals surface area contributed by atoms with Crippen LogP contribution in [0.25, 0.3) is 0 Å². The Balaban J connectivity index is 1.85. The largest absolute Gasteiger partial charge is 0.458 e. The summed E-state index contributed by atoms with van der Waals surface area (Å²) in [5.41, 5.74) is 0.463. The van der Waals surface area contributed by atoms with Gasteiger partial charge in [-0.3, -0.25) is 0 Å². The molecule has 1 heterocycles. The van der Waals surface area contributed by atoms with E-state index < -0.39 is 47.6 Å². The molecule has 1 aliphatic heterocycles. The van der Waals surface area contributed by atoms with Crippen molar-refractivity contribution in [2.24, 2.45) is 5.92 Å².